The van der Waals surface area contributed by atoms with Gasteiger partial charge in [0.15, 0.2) is 0 Å². The van der Waals surface area contributed by atoms with Crippen LogP contribution in [0.15, 0.2) is 53.4 Å². The van der Waals surface area contributed by atoms with Gasteiger partial charge in [0.25, 0.3) is 0 Å². The number of carbonyl (C=O) groups excluding carboxylic acids is 2. The summed E-state index contributed by atoms with van der Waals surface area (Å²) in [7, 11) is 0. The van der Waals surface area contributed by atoms with Gasteiger partial charge in [0.1, 0.15) is 0 Å². The van der Waals surface area contributed by atoms with Crippen molar-refractivity contribution in [3.05, 3.63) is 53.6 Å². The van der Waals surface area contributed by atoms with E-state index in [1.807, 2.05) is 48.5 Å². The van der Waals surface area contributed by atoms with Crippen LogP contribution in [-0.2, 0) is 9.59 Å². The standard InChI is InChI=1S/C20H22ClN3O2S/c21-15-5-1-4-8-18(15)27-13-19(25)23-16-6-2-3-7-17(16)24-11-9-14(10-12-24)20(22)26/h1-8,14H,9-13H2,(H2,22,26)(H,23,25). The quantitative estimate of drug-likeness (QED) is 0.720. The summed E-state index contributed by atoms with van der Waals surface area (Å²) in [6.07, 6.45) is 1.47. The lowest BCUT2D eigenvalue weighted by molar-refractivity contribution is -0.122. The molecule has 1 fully saturated rings. The van der Waals surface area contributed by atoms with E-state index in [1.54, 1.807) is 0 Å². The Kier molecular flexibility index (Phi) is 6.63. The molecule has 3 rings (SSSR count). The third-order valence-electron chi connectivity index (χ3n) is 4.61. The molecule has 0 atom stereocenters. The molecule has 1 aliphatic heterocycles. The van der Waals surface area contributed by atoms with Crippen molar-refractivity contribution >= 4 is 46.6 Å². The number of nitrogens with one attached hydrogen (secondary N) is 1. The molecule has 2 amide bonds. The highest BCUT2D eigenvalue weighted by Crippen LogP contribution is 2.31. The van der Waals surface area contributed by atoms with Crippen LogP contribution >= 0.6 is 23.4 Å². The molecule has 2 aromatic carbocycles. The molecule has 0 bridgehead atoms. The smallest absolute Gasteiger partial charge is 0.234 e. The van der Waals surface area contributed by atoms with Crippen molar-refractivity contribution in [2.24, 2.45) is 11.7 Å². The Bertz CT molecular complexity index is 822. The second-order valence-corrected chi connectivity index (χ2v) is 7.87. The topological polar surface area (TPSA) is 75.4 Å². The fourth-order valence-corrected chi connectivity index (χ4v) is 4.19. The number of hydrogen-bond acceptors (Lipinski definition) is 4. The summed E-state index contributed by atoms with van der Waals surface area (Å²) in [5.74, 6) is -0.0933. The number of halogens is 1. The van der Waals surface area contributed by atoms with Crippen LogP contribution in [0.3, 0.4) is 0 Å². The number of nitrogens with two attached hydrogens (primary N) is 1. The predicted molar refractivity (Wildman–Crippen MR) is 111 cm³/mol. The summed E-state index contributed by atoms with van der Waals surface area (Å²) < 4.78 is 0. The number of para-hydroxylation sites is 2. The minimum absolute atomic E-state index is 0.0602. The van der Waals surface area contributed by atoms with Crippen LogP contribution in [0.2, 0.25) is 5.02 Å². The van der Waals surface area contributed by atoms with E-state index in [9.17, 15) is 9.59 Å². The van der Waals surface area contributed by atoms with Gasteiger partial charge in [-0.1, -0.05) is 35.9 Å². The maximum Gasteiger partial charge on any atom is 0.234 e. The SMILES string of the molecule is NC(=O)C1CCN(c2ccccc2NC(=O)CSc2ccccc2Cl)CC1. The molecule has 0 radical (unpaired) electrons. The molecule has 1 saturated heterocycles. The number of primary amides is 1. The van der Waals surface area contributed by atoms with Gasteiger partial charge in [-0.25, -0.2) is 0 Å². The van der Waals surface area contributed by atoms with E-state index in [1.165, 1.54) is 11.8 Å². The summed E-state index contributed by atoms with van der Waals surface area (Å²) >= 11 is 7.55. The van der Waals surface area contributed by atoms with E-state index in [0.29, 0.717) is 5.02 Å². The number of hydrogen-bond donors (Lipinski definition) is 2. The fourth-order valence-electron chi connectivity index (χ4n) is 3.15. The van der Waals surface area contributed by atoms with E-state index < -0.39 is 0 Å². The summed E-state index contributed by atoms with van der Waals surface area (Å²) in [6.45, 7) is 1.49. The molecule has 0 spiro atoms. The minimum atomic E-state index is -0.229. The zero-order valence-electron chi connectivity index (χ0n) is 14.9. The molecule has 5 nitrogen and oxygen atoms in total. The van der Waals surface area contributed by atoms with Crippen LogP contribution in [0.5, 0.6) is 0 Å². The average Bonchev–Trinajstić information content (AvgIpc) is 2.68. The second-order valence-electron chi connectivity index (χ2n) is 6.45. The predicted octanol–water partition coefficient (Wildman–Crippen LogP) is 3.77. The number of nitrogens with zero attached hydrogens (tertiary/aromatic N) is 1. The maximum atomic E-state index is 12.4. The Morgan fingerprint density at radius 1 is 1.11 bits per heavy atom. The van der Waals surface area contributed by atoms with Gasteiger partial charge in [-0.2, -0.15) is 0 Å². The molecule has 7 heteroatoms. The van der Waals surface area contributed by atoms with Crippen molar-refractivity contribution in [2.75, 3.05) is 29.1 Å². The third-order valence-corrected chi connectivity index (χ3v) is 6.13. The van der Waals surface area contributed by atoms with Crippen LogP contribution in [0, 0.1) is 5.92 Å². The number of anilines is 2. The number of rotatable bonds is 6. The highest BCUT2D eigenvalue weighted by atomic mass is 35.5. The Labute approximate surface area is 168 Å². The first-order valence-electron chi connectivity index (χ1n) is 8.85. The van der Waals surface area contributed by atoms with Gasteiger partial charge in [0.2, 0.25) is 11.8 Å². The highest BCUT2D eigenvalue weighted by molar-refractivity contribution is 8.00. The number of amides is 2. The van der Waals surface area contributed by atoms with Crippen molar-refractivity contribution in [1.82, 2.24) is 0 Å². The molecule has 0 aliphatic carbocycles. The summed E-state index contributed by atoms with van der Waals surface area (Å²) in [5, 5.41) is 3.64. The van der Waals surface area contributed by atoms with Crippen LogP contribution < -0.4 is 16.0 Å². The lowest BCUT2D eigenvalue weighted by Gasteiger charge is -2.33. The summed E-state index contributed by atoms with van der Waals surface area (Å²) in [6, 6.07) is 15.2. The number of carbonyl (C=O) groups is 2. The number of piperidine rings is 1. The van der Waals surface area contributed by atoms with Crippen molar-refractivity contribution in [1.29, 1.82) is 0 Å². The first-order valence-corrected chi connectivity index (χ1v) is 10.2. The van der Waals surface area contributed by atoms with E-state index in [2.05, 4.69) is 10.2 Å². The molecular weight excluding hydrogens is 382 g/mol. The van der Waals surface area contributed by atoms with Gasteiger partial charge in [0, 0.05) is 23.9 Å². The molecule has 1 heterocycles. The van der Waals surface area contributed by atoms with E-state index in [4.69, 9.17) is 17.3 Å². The monoisotopic (exact) mass is 403 g/mol. The van der Waals surface area contributed by atoms with Crippen molar-refractivity contribution in [2.45, 2.75) is 17.7 Å². The van der Waals surface area contributed by atoms with Crippen molar-refractivity contribution in [3.63, 3.8) is 0 Å². The van der Waals surface area contributed by atoms with Gasteiger partial charge in [-0.05, 0) is 37.1 Å². The lowest BCUT2D eigenvalue weighted by Crippen LogP contribution is -2.38. The zero-order valence-corrected chi connectivity index (χ0v) is 16.4. The summed E-state index contributed by atoms with van der Waals surface area (Å²) in [5.41, 5.74) is 7.16. The van der Waals surface area contributed by atoms with Crippen LogP contribution in [0.4, 0.5) is 11.4 Å². The Morgan fingerprint density at radius 3 is 2.48 bits per heavy atom. The summed E-state index contributed by atoms with van der Waals surface area (Å²) in [4.78, 5) is 26.9. The third kappa shape index (κ3) is 5.17. The van der Waals surface area contributed by atoms with Crippen LogP contribution in [0.1, 0.15) is 12.8 Å². The molecule has 2 aromatic rings. The highest BCUT2D eigenvalue weighted by Gasteiger charge is 2.24. The number of benzene rings is 2. The fraction of sp³-hybridized carbons (Fsp3) is 0.300. The van der Waals surface area contributed by atoms with Gasteiger partial charge in [0.05, 0.1) is 22.2 Å². The van der Waals surface area contributed by atoms with E-state index in [0.717, 1.165) is 42.2 Å². The van der Waals surface area contributed by atoms with Crippen molar-refractivity contribution in [3.8, 4) is 0 Å². The van der Waals surface area contributed by atoms with Crippen molar-refractivity contribution < 1.29 is 9.59 Å². The maximum absolute atomic E-state index is 12.4. The first-order chi connectivity index (χ1) is 13.0. The van der Waals surface area contributed by atoms with E-state index in [-0.39, 0.29) is 23.5 Å². The zero-order chi connectivity index (χ0) is 19.2. The Morgan fingerprint density at radius 2 is 1.78 bits per heavy atom. The molecular formula is C20H22ClN3O2S. The van der Waals surface area contributed by atoms with Crippen LogP contribution in [0.25, 0.3) is 0 Å². The van der Waals surface area contributed by atoms with Gasteiger partial charge in [-0.3, -0.25) is 9.59 Å². The van der Waals surface area contributed by atoms with Crippen LogP contribution in [-0.4, -0.2) is 30.7 Å². The van der Waals surface area contributed by atoms with Gasteiger partial charge in [-0.15, -0.1) is 11.8 Å². The molecule has 27 heavy (non-hydrogen) atoms. The largest absolute Gasteiger partial charge is 0.370 e. The number of thioether (sulfide) groups is 1. The lowest BCUT2D eigenvalue weighted by atomic mass is 9.96. The second kappa shape index (κ2) is 9.15. The Hall–Kier alpha value is -2.18. The first kappa shape index (κ1) is 19.6. The van der Waals surface area contributed by atoms with Gasteiger partial charge < -0.3 is 16.0 Å². The molecule has 1 aliphatic rings. The minimum Gasteiger partial charge on any atom is -0.370 e. The normalized spacial score (nSPS) is 14.8. The molecule has 0 unspecified atom stereocenters. The molecule has 142 valence electrons. The Balaban J connectivity index is 1.61. The molecule has 3 N–H and O–H groups in total. The average molecular weight is 404 g/mol. The van der Waals surface area contributed by atoms with E-state index >= 15 is 0 Å². The van der Waals surface area contributed by atoms with Gasteiger partial charge >= 0.3 is 0 Å². The molecule has 0 aromatic heterocycles. The molecule has 0 saturated carbocycles.